The summed E-state index contributed by atoms with van der Waals surface area (Å²) in [7, 11) is 0. The molecule has 2 aliphatic heterocycles. The van der Waals surface area contributed by atoms with Gasteiger partial charge in [0, 0.05) is 0 Å². The molecule has 1 spiro atoms. The summed E-state index contributed by atoms with van der Waals surface area (Å²) in [5, 5.41) is 32.1. The molecule has 0 bridgehead atoms. The van der Waals surface area contributed by atoms with Crippen molar-refractivity contribution in [1.29, 1.82) is 0 Å². The lowest BCUT2D eigenvalue weighted by atomic mass is 9.94. The number of rotatable bonds is 0. The third-order valence-corrected chi connectivity index (χ3v) is 2.48. The van der Waals surface area contributed by atoms with Gasteiger partial charge in [0.05, 0.1) is 6.61 Å². The molecule has 15 heavy (non-hydrogen) atoms. The topological polar surface area (TPSA) is 128 Å². The lowest BCUT2D eigenvalue weighted by Crippen LogP contribution is -2.68. The number of aliphatic hydroxyl groups is 3. The first-order valence-corrected chi connectivity index (χ1v) is 4.29. The fourth-order valence-electron chi connectivity index (χ4n) is 1.61. The Hall–Kier alpha value is -1.22. The van der Waals surface area contributed by atoms with Crippen molar-refractivity contribution < 1.29 is 29.6 Å². The summed E-state index contributed by atoms with van der Waals surface area (Å²) in [5.41, 5.74) is -1.99. The van der Waals surface area contributed by atoms with Gasteiger partial charge in [0.25, 0.3) is 11.6 Å². The molecule has 84 valence electrons. The van der Waals surface area contributed by atoms with Crippen LogP contribution in [0.15, 0.2) is 0 Å². The van der Waals surface area contributed by atoms with Gasteiger partial charge in [-0.2, -0.15) is 0 Å². The van der Waals surface area contributed by atoms with Gasteiger partial charge in [-0.15, -0.1) is 0 Å². The Bertz CT molecular complexity index is 321. The van der Waals surface area contributed by atoms with Crippen LogP contribution >= 0.6 is 0 Å². The SMILES string of the molecule is O=C1NC(=O)[C@]2(N1)OC[C@@H](O)[C@H](O)[C@H]2O. The second kappa shape index (κ2) is 3.14. The number of aliphatic hydroxyl groups excluding tert-OH is 3. The molecular formula is C7H10N2O6. The van der Waals surface area contributed by atoms with Gasteiger partial charge in [-0.25, -0.2) is 4.79 Å². The number of nitrogens with one attached hydrogen (secondary N) is 2. The number of urea groups is 1. The van der Waals surface area contributed by atoms with Crippen molar-refractivity contribution in [1.82, 2.24) is 10.6 Å². The van der Waals surface area contributed by atoms with Gasteiger partial charge >= 0.3 is 6.03 Å². The highest BCUT2D eigenvalue weighted by atomic mass is 16.6. The van der Waals surface area contributed by atoms with E-state index in [4.69, 9.17) is 9.84 Å². The molecule has 8 heteroatoms. The van der Waals surface area contributed by atoms with Gasteiger partial charge in [0.1, 0.15) is 18.3 Å². The molecule has 2 rings (SSSR count). The largest absolute Gasteiger partial charge is 0.388 e. The molecule has 0 aliphatic carbocycles. The number of imide groups is 1. The molecule has 2 heterocycles. The molecule has 5 N–H and O–H groups in total. The number of hydrogen-bond acceptors (Lipinski definition) is 6. The fourth-order valence-corrected chi connectivity index (χ4v) is 1.61. The zero-order chi connectivity index (χ0) is 11.2. The van der Waals surface area contributed by atoms with Crippen LogP contribution in [0.25, 0.3) is 0 Å². The molecule has 8 nitrogen and oxygen atoms in total. The van der Waals surface area contributed by atoms with Crippen LogP contribution in [0.3, 0.4) is 0 Å². The van der Waals surface area contributed by atoms with E-state index in [1.165, 1.54) is 0 Å². The van der Waals surface area contributed by atoms with Crippen LogP contribution in [-0.2, 0) is 9.53 Å². The first-order chi connectivity index (χ1) is 6.97. The Labute approximate surface area is 83.8 Å². The molecule has 0 aromatic carbocycles. The Kier molecular flexibility index (Phi) is 2.15. The molecule has 0 radical (unpaired) electrons. The summed E-state index contributed by atoms with van der Waals surface area (Å²) in [6, 6.07) is -0.817. The van der Waals surface area contributed by atoms with Crippen LogP contribution in [0, 0.1) is 0 Å². The van der Waals surface area contributed by atoms with E-state index in [2.05, 4.69) is 5.32 Å². The summed E-state index contributed by atoms with van der Waals surface area (Å²) in [6.45, 7) is -0.355. The molecule has 2 fully saturated rings. The van der Waals surface area contributed by atoms with Crippen molar-refractivity contribution in [2.24, 2.45) is 0 Å². The van der Waals surface area contributed by atoms with Gasteiger partial charge in [-0.05, 0) is 0 Å². The Balaban J connectivity index is 2.29. The predicted molar refractivity (Wildman–Crippen MR) is 43.4 cm³/mol. The van der Waals surface area contributed by atoms with Crippen molar-refractivity contribution in [2.75, 3.05) is 6.61 Å². The van der Waals surface area contributed by atoms with Crippen LogP contribution < -0.4 is 10.6 Å². The molecule has 0 aromatic rings. The summed E-state index contributed by atoms with van der Waals surface area (Å²) < 4.78 is 4.90. The highest BCUT2D eigenvalue weighted by Crippen LogP contribution is 2.26. The van der Waals surface area contributed by atoms with Crippen molar-refractivity contribution in [2.45, 2.75) is 24.0 Å². The lowest BCUT2D eigenvalue weighted by molar-refractivity contribution is -0.233. The normalized spacial score (nSPS) is 45.4. The summed E-state index contributed by atoms with van der Waals surface area (Å²) in [5.74, 6) is -0.883. The summed E-state index contributed by atoms with van der Waals surface area (Å²) in [6.07, 6.45) is -4.56. The monoisotopic (exact) mass is 218 g/mol. The Morgan fingerprint density at radius 3 is 2.53 bits per heavy atom. The van der Waals surface area contributed by atoms with Crippen LogP contribution in [-0.4, -0.2) is 57.9 Å². The van der Waals surface area contributed by atoms with Crippen molar-refractivity contribution >= 4 is 11.9 Å². The quantitative estimate of drug-likeness (QED) is 0.270. The van der Waals surface area contributed by atoms with E-state index in [1.807, 2.05) is 5.32 Å². The second-order valence-corrected chi connectivity index (χ2v) is 3.46. The molecule has 0 saturated carbocycles. The zero-order valence-corrected chi connectivity index (χ0v) is 7.51. The van der Waals surface area contributed by atoms with Crippen molar-refractivity contribution in [3.05, 3.63) is 0 Å². The number of ether oxygens (including phenoxy) is 1. The molecular weight excluding hydrogens is 208 g/mol. The first kappa shape index (κ1) is 10.3. The van der Waals surface area contributed by atoms with Crippen LogP contribution in [0.2, 0.25) is 0 Å². The zero-order valence-electron chi connectivity index (χ0n) is 7.51. The van der Waals surface area contributed by atoms with E-state index in [0.717, 1.165) is 0 Å². The maximum absolute atomic E-state index is 11.4. The number of carbonyl (C=O) groups is 2. The van der Waals surface area contributed by atoms with E-state index in [-0.39, 0.29) is 6.61 Å². The molecule has 3 amide bonds. The smallest absolute Gasteiger partial charge is 0.324 e. The van der Waals surface area contributed by atoms with Gasteiger partial charge in [0.15, 0.2) is 0 Å². The molecule has 2 saturated heterocycles. The van der Waals surface area contributed by atoms with Gasteiger partial charge in [-0.3, -0.25) is 15.4 Å². The summed E-state index contributed by atoms with van der Waals surface area (Å²) >= 11 is 0. The lowest BCUT2D eigenvalue weighted by Gasteiger charge is -2.40. The van der Waals surface area contributed by atoms with E-state index < -0.39 is 36.0 Å². The molecule has 0 aromatic heterocycles. The number of amides is 3. The van der Waals surface area contributed by atoms with Crippen molar-refractivity contribution in [3.8, 4) is 0 Å². The molecule has 4 atom stereocenters. The maximum Gasteiger partial charge on any atom is 0.324 e. The van der Waals surface area contributed by atoms with Gasteiger partial charge in [-0.1, -0.05) is 0 Å². The average molecular weight is 218 g/mol. The van der Waals surface area contributed by atoms with Crippen LogP contribution in [0.4, 0.5) is 4.79 Å². The van der Waals surface area contributed by atoms with E-state index in [9.17, 15) is 19.8 Å². The minimum atomic E-state index is -1.99. The van der Waals surface area contributed by atoms with Gasteiger partial charge < -0.3 is 20.1 Å². The van der Waals surface area contributed by atoms with Crippen molar-refractivity contribution in [3.63, 3.8) is 0 Å². The Morgan fingerprint density at radius 1 is 1.33 bits per heavy atom. The molecule has 0 unspecified atom stereocenters. The highest BCUT2D eigenvalue weighted by molar-refractivity contribution is 6.06. The highest BCUT2D eigenvalue weighted by Gasteiger charge is 2.59. The van der Waals surface area contributed by atoms with Crippen LogP contribution in [0.5, 0.6) is 0 Å². The average Bonchev–Trinajstić information content (AvgIpc) is 2.46. The minimum absolute atomic E-state index is 0.355. The maximum atomic E-state index is 11.4. The van der Waals surface area contributed by atoms with Crippen LogP contribution in [0.1, 0.15) is 0 Å². The van der Waals surface area contributed by atoms with E-state index >= 15 is 0 Å². The third kappa shape index (κ3) is 1.30. The standard InChI is InChI=1S/C7H10N2O6/c10-2-1-15-7(4(12)3(2)11)5(13)8-6(14)9-7/h2-4,10-12H,1H2,(H2,8,9,13,14)/t2-,3+,4-,7-/m1/s1. The van der Waals surface area contributed by atoms with Gasteiger partial charge in [0.2, 0.25) is 0 Å². The van der Waals surface area contributed by atoms with E-state index in [1.54, 1.807) is 0 Å². The predicted octanol–water partition coefficient (Wildman–Crippen LogP) is -3.36. The minimum Gasteiger partial charge on any atom is -0.388 e. The number of carbonyl (C=O) groups excluding carboxylic acids is 2. The summed E-state index contributed by atoms with van der Waals surface area (Å²) in [4.78, 5) is 22.2. The van der Waals surface area contributed by atoms with E-state index in [0.29, 0.717) is 0 Å². The molecule has 2 aliphatic rings. The number of hydrogen-bond donors (Lipinski definition) is 5. The third-order valence-electron chi connectivity index (χ3n) is 2.48. The Morgan fingerprint density at radius 2 is 2.00 bits per heavy atom. The fraction of sp³-hybridized carbons (Fsp3) is 0.714. The first-order valence-electron chi connectivity index (χ1n) is 4.29. The second-order valence-electron chi connectivity index (χ2n) is 3.46.